The molecule has 0 radical (unpaired) electrons. The summed E-state index contributed by atoms with van der Waals surface area (Å²) in [5.74, 6) is 0.406. The molecule has 0 bridgehead atoms. The fourth-order valence-electron chi connectivity index (χ4n) is 4.52. The third-order valence-corrected chi connectivity index (χ3v) is 6.34. The molecule has 1 N–H and O–H groups in total. The predicted octanol–water partition coefficient (Wildman–Crippen LogP) is 3.39. The van der Waals surface area contributed by atoms with Crippen LogP contribution in [0.25, 0.3) is 22.6 Å². The van der Waals surface area contributed by atoms with Crippen LogP contribution in [-0.4, -0.2) is 59.5 Å². The van der Waals surface area contributed by atoms with Gasteiger partial charge in [-0.1, -0.05) is 5.21 Å². The third kappa shape index (κ3) is 4.45. The quantitative estimate of drug-likeness (QED) is 0.476. The summed E-state index contributed by atoms with van der Waals surface area (Å²) in [5.41, 5.74) is 5.56. The van der Waals surface area contributed by atoms with E-state index in [9.17, 15) is 4.79 Å². The number of carbonyl (C=O) groups is 1. The molecule has 4 aromatic heterocycles. The normalized spacial score (nSPS) is 14.4. The number of aromatic nitrogens is 6. The molecule has 0 atom stereocenters. The Labute approximate surface area is 203 Å². The minimum atomic E-state index is 0.124. The Hall–Kier alpha value is -4.26. The lowest BCUT2D eigenvalue weighted by Crippen LogP contribution is -2.36. The standard InChI is InChI=1S/C25H27N9O/c1-16(2)29-22-11-21(24-5-4-20-10-18(12-26)13-28-34(20)24)27-14-25(22)33-15-23(30-31-33)19-6-8-32(9-7-19)17(3)35/h4-5,10-11,13-16,19H,6-9H2,1-3H3,(H,27,29). The van der Waals surface area contributed by atoms with Gasteiger partial charge in [0.2, 0.25) is 5.91 Å². The van der Waals surface area contributed by atoms with Gasteiger partial charge in [0.1, 0.15) is 11.8 Å². The molecule has 35 heavy (non-hydrogen) atoms. The molecular weight excluding hydrogens is 442 g/mol. The van der Waals surface area contributed by atoms with Crippen LogP contribution in [0.4, 0.5) is 5.69 Å². The van der Waals surface area contributed by atoms with E-state index >= 15 is 0 Å². The Balaban J connectivity index is 1.46. The lowest BCUT2D eigenvalue weighted by atomic mass is 9.94. The predicted molar refractivity (Wildman–Crippen MR) is 131 cm³/mol. The number of piperidine rings is 1. The number of fused-ring (bicyclic) bond motifs is 1. The van der Waals surface area contributed by atoms with Crippen LogP contribution in [0.2, 0.25) is 0 Å². The average molecular weight is 470 g/mol. The van der Waals surface area contributed by atoms with Crippen LogP contribution in [0.15, 0.2) is 42.9 Å². The van der Waals surface area contributed by atoms with E-state index in [2.05, 4.69) is 40.6 Å². The second-order valence-corrected chi connectivity index (χ2v) is 9.17. The molecule has 0 spiro atoms. The summed E-state index contributed by atoms with van der Waals surface area (Å²) in [6.07, 6.45) is 7.08. The summed E-state index contributed by atoms with van der Waals surface area (Å²) >= 11 is 0. The van der Waals surface area contributed by atoms with Crippen molar-refractivity contribution in [1.29, 1.82) is 5.26 Å². The highest BCUT2D eigenvalue weighted by Crippen LogP contribution is 2.30. The Morgan fingerprint density at radius 3 is 2.71 bits per heavy atom. The van der Waals surface area contributed by atoms with Gasteiger partial charge in [-0.2, -0.15) is 10.4 Å². The number of nitrogens with one attached hydrogen (secondary N) is 1. The van der Waals surface area contributed by atoms with Gasteiger partial charge < -0.3 is 10.2 Å². The first-order valence-corrected chi connectivity index (χ1v) is 11.8. The summed E-state index contributed by atoms with van der Waals surface area (Å²) in [7, 11) is 0. The smallest absolute Gasteiger partial charge is 0.219 e. The number of carbonyl (C=O) groups excluding carboxylic acids is 1. The zero-order valence-corrected chi connectivity index (χ0v) is 20.0. The molecule has 5 heterocycles. The van der Waals surface area contributed by atoms with Gasteiger partial charge in [0, 0.05) is 32.0 Å². The highest BCUT2D eigenvalue weighted by Gasteiger charge is 2.24. The summed E-state index contributed by atoms with van der Waals surface area (Å²) in [4.78, 5) is 18.2. The van der Waals surface area contributed by atoms with Gasteiger partial charge in [0.15, 0.2) is 0 Å². The minimum absolute atomic E-state index is 0.124. The van der Waals surface area contributed by atoms with Crippen molar-refractivity contribution in [3.63, 3.8) is 0 Å². The van der Waals surface area contributed by atoms with Crippen molar-refractivity contribution in [3.8, 4) is 23.1 Å². The number of hydrogen-bond acceptors (Lipinski definition) is 7. The van der Waals surface area contributed by atoms with Gasteiger partial charge in [-0.15, -0.1) is 5.10 Å². The van der Waals surface area contributed by atoms with Crippen LogP contribution in [0, 0.1) is 11.3 Å². The van der Waals surface area contributed by atoms with Gasteiger partial charge in [-0.3, -0.25) is 9.78 Å². The number of amides is 1. The fourth-order valence-corrected chi connectivity index (χ4v) is 4.52. The third-order valence-electron chi connectivity index (χ3n) is 6.34. The van der Waals surface area contributed by atoms with Crippen LogP contribution in [0.5, 0.6) is 0 Å². The Morgan fingerprint density at radius 1 is 1.20 bits per heavy atom. The molecule has 4 aromatic rings. The number of hydrogen-bond donors (Lipinski definition) is 1. The molecule has 10 heteroatoms. The Kier molecular flexibility index (Phi) is 5.91. The van der Waals surface area contributed by atoms with Crippen molar-refractivity contribution < 1.29 is 4.79 Å². The van der Waals surface area contributed by atoms with Crippen LogP contribution < -0.4 is 5.32 Å². The molecule has 0 unspecified atom stereocenters. The first-order valence-electron chi connectivity index (χ1n) is 11.8. The average Bonchev–Trinajstić information content (AvgIpc) is 3.51. The number of nitriles is 1. The first-order chi connectivity index (χ1) is 16.9. The number of nitrogens with zero attached hydrogens (tertiary/aromatic N) is 8. The van der Waals surface area contributed by atoms with Crippen LogP contribution >= 0.6 is 0 Å². The topological polar surface area (TPSA) is 117 Å². The van der Waals surface area contributed by atoms with Gasteiger partial charge >= 0.3 is 0 Å². The van der Waals surface area contributed by atoms with E-state index in [1.807, 2.05) is 29.3 Å². The van der Waals surface area contributed by atoms with E-state index in [0.29, 0.717) is 5.56 Å². The first kappa shape index (κ1) is 22.5. The van der Waals surface area contributed by atoms with E-state index in [1.54, 1.807) is 34.6 Å². The largest absolute Gasteiger partial charge is 0.381 e. The molecule has 0 aliphatic carbocycles. The molecule has 1 saturated heterocycles. The maximum atomic E-state index is 11.6. The minimum Gasteiger partial charge on any atom is -0.381 e. The SMILES string of the molecule is CC(=O)N1CCC(c2cn(-c3cnc(-c4ccc5cc(C#N)cnn45)cc3NC(C)C)nn2)CC1. The molecule has 10 nitrogen and oxygen atoms in total. The van der Waals surface area contributed by atoms with Crippen LogP contribution in [0.3, 0.4) is 0 Å². The van der Waals surface area contributed by atoms with Crippen molar-refractivity contribution in [3.05, 3.63) is 54.1 Å². The zero-order chi connectivity index (χ0) is 24.5. The van der Waals surface area contributed by atoms with E-state index < -0.39 is 0 Å². The number of pyridine rings is 1. The number of anilines is 1. The second-order valence-electron chi connectivity index (χ2n) is 9.17. The lowest BCUT2D eigenvalue weighted by Gasteiger charge is -2.30. The molecule has 1 aliphatic rings. The summed E-state index contributed by atoms with van der Waals surface area (Å²) in [6.45, 7) is 7.28. The summed E-state index contributed by atoms with van der Waals surface area (Å²) in [6, 6.07) is 9.99. The molecule has 5 rings (SSSR count). The van der Waals surface area contributed by atoms with E-state index in [1.165, 1.54) is 0 Å². The maximum Gasteiger partial charge on any atom is 0.219 e. The number of rotatable bonds is 5. The zero-order valence-electron chi connectivity index (χ0n) is 20.0. The van der Waals surface area contributed by atoms with Crippen molar-refractivity contribution >= 4 is 17.1 Å². The molecule has 178 valence electrons. The van der Waals surface area contributed by atoms with Crippen molar-refractivity contribution in [1.82, 2.24) is 34.5 Å². The van der Waals surface area contributed by atoms with Crippen molar-refractivity contribution in [2.24, 2.45) is 0 Å². The molecule has 1 aliphatic heterocycles. The Bertz CT molecular complexity index is 1420. The van der Waals surface area contributed by atoms with Crippen molar-refractivity contribution in [2.45, 2.75) is 45.6 Å². The van der Waals surface area contributed by atoms with Crippen molar-refractivity contribution in [2.75, 3.05) is 18.4 Å². The van der Waals surface area contributed by atoms with Gasteiger partial charge in [0.25, 0.3) is 0 Å². The monoisotopic (exact) mass is 469 g/mol. The molecule has 0 saturated carbocycles. The highest BCUT2D eigenvalue weighted by molar-refractivity contribution is 5.73. The Morgan fingerprint density at radius 2 is 2.00 bits per heavy atom. The van der Waals surface area contributed by atoms with Crippen LogP contribution in [-0.2, 0) is 4.79 Å². The lowest BCUT2D eigenvalue weighted by molar-refractivity contribution is -0.129. The summed E-state index contributed by atoms with van der Waals surface area (Å²) in [5, 5.41) is 25.9. The highest BCUT2D eigenvalue weighted by atomic mass is 16.2. The molecular formula is C25H27N9O. The van der Waals surface area contributed by atoms with Gasteiger partial charge in [0.05, 0.1) is 52.4 Å². The molecule has 1 amide bonds. The van der Waals surface area contributed by atoms with E-state index in [0.717, 1.165) is 59.9 Å². The van der Waals surface area contributed by atoms with Gasteiger partial charge in [-0.05, 0) is 51.0 Å². The maximum absolute atomic E-state index is 11.6. The summed E-state index contributed by atoms with van der Waals surface area (Å²) < 4.78 is 3.55. The van der Waals surface area contributed by atoms with E-state index in [-0.39, 0.29) is 17.9 Å². The van der Waals surface area contributed by atoms with E-state index in [4.69, 9.17) is 10.2 Å². The van der Waals surface area contributed by atoms with Crippen LogP contribution in [0.1, 0.15) is 50.8 Å². The molecule has 0 aromatic carbocycles. The second kappa shape index (κ2) is 9.18. The van der Waals surface area contributed by atoms with Gasteiger partial charge in [-0.25, -0.2) is 9.20 Å². The number of likely N-dealkylation sites (tertiary alicyclic amines) is 1. The fraction of sp³-hybridized carbons (Fsp3) is 0.360. The molecule has 1 fully saturated rings.